The smallest absolute Gasteiger partial charge is 0.309 e. The number of ether oxygens (including phenoxy) is 1. The molecule has 0 bridgehead atoms. The van der Waals surface area contributed by atoms with Crippen LogP contribution in [0.1, 0.15) is 51.6 Å². The normalized spacial score (nSPS) is 23.5. The quantitative estimate of drug-likeness (QED) is 0.756. The van der Waals surface area contributed by atoms with Gasteiger partial charge in [-0.3, -0.25) is 4.79 Å². The van der Waals surface area contributed by atoms with Crippen LogP contribution < -0.4 is 0 Å². The lowest BCUT2D eigenvalue weighted by molar-refractivity contribution is -0.144. The number of carbonyl (C=O) groups excluding carboxylic acids is 1. The Morgan fingerprint density at radius 1 is 1.47 bits per heavy atom. The summed E-state index contributed by atoms with van der Waals surface area (Å²) >= 11 is 0. The highest BCUT2D eigenvalue weighted by molar-refractivity contribution is 5.77. The maximum atomic E-state index is 11.5. The molecule has 94 valence electrons. The molecule has 2 atom stereocenters. The van der Waals surface area contributed by atoms with Crippen LogP contribution >= 0.6 is 0 Å². The molecule has 1 fully saturated rings. The molecule has 1 heterocycles. The molecule has 1 aromatic heterocycles. The monoisotopic (exact) mass is 236 g/mol. The van der Waals surface area contributed by atoms with Crippen molar-refractivity contribution in [3.05, 3.63) is 23.7 Å². The molecule has 2 rings (SSSR count). The third-order valence-electron chi connectivity index (χ3n) is 3.11. The maximum absolute atomic E-state index is 11.5. The summed E-state index contributed by atoms with van der Waals surface area (Å²) in [5, 5.41) is 0. The van der Waals surface area contributed by atoms with E-state index in [2.05, 4.69) is 20.8 Å². The van der Waals surface area contributed by atoms with Gasteiger partial charge in [-0.05, 0) is 25.5 Å². The Morgan fingerprint density at radius 2 is 2.18 bits per heavy atom. The van der Waals surface area contributed by atoms with Gasteiger partial charge in [-0.25, -0.2) is 0 Å². The van der Waals surface area contributed by atoms with E-state index in [-0.39, 0.29) is 23.2 Å². The van der Waals surface area contributed by atoms with Crippen LogP contribution in [0.3, 0.4) is 0 Å². The SMILES string of the molecule is CCOC(=O)C1CC1c1ccc(C(C)(C)C)o1. The fourth-order valence-electron chi connectivity index (χ4n) is 1.97. The van der Waals surface area contributed by atoms with Gasteiger partial charge >= 0.3 is 5.97 Å². The first-order chi connectivity index (χ1) is 7.93. The van der Waals surface area contributed by atoms with Gasteiger partial charge in [0.05, 0.1) is 12.5 Å². The molecule has 3 nitrogen and oxygen atoms in total. The van der Waals surface area contributed by atoms with E-state index in [1.807, 2.05) is 19.1 Å². The van der Waals surface area contributed by atoms with Gasteiger partial charge in [-0.2, -0.15) is 0 Å². The molecule has 17 heavy (non-hydrogen) atoms. The molecule has 0 aromatic carbocycles. The molecular weight excluding hydrogens is 216 g/mol. The van der Waals surface area contributed by atoms with Gasteiger partial charge in [-0.15, -0.1) is 0 Å². The van der Waals surface area contributed by atoms with E-state index in [0.717, 1.165) is 17.9 Å². The molecule has 1 aromatic rings. The Hall–Kier alpha value is -1.25. The number of furan rings is 1. The molecular formula is C14H20O3. The highest BCUT2D eigenvalue weighted by Gasteiger charge is 2.47. The average Bonchev–Trinajstić information content (AvgIpc) is 2.86. The van der Waals surface area contributed by atoms with Crippen molar-refractivity contribution in [1.29, 1.82) is 0 Å². The first-order valence-corrected chi connectivity index (χ1v) is 6.20. The van der Waals surface area contributed by atoms with Crippen LogP contribution in [-0.4, -0.2) is 12.6 Å². The van der Waals surface area contributed by atoms with Crippen LogP contribution in [0, 0.1) is 5.92 Å². The molecule has 2 unspecified atom stereocenters. The molecule has 0 saturated heterocycles. The first-order valence-electron chi connectivity index (χ1n) is 6.20. The standard InChI is InChI=1S/C14H20O3/c1-5-16-13(15)10-8-9(10)11-6-7-12(17-11)14(2,3)4/h6-7,9-10H,5,8H2,1-4H3. The molecule has 1 saturated carbocycles. The minimum Gasteiger partial charge on any atom is -0.466 e. The number of hydrogen-bond donors (Lipinski definition) is 0. The topological polar surface area (TPSA) is 39.4 Å². The van der Waals surface area contributed by atoms with Crippen LogP contribution in [-0.2, 0) is 14.9 Å². The number of carbonyl (C=O) groups is 1. The van der Waals surface area contributed by atoms with Gasteiger partial charge < -0.3 is 9.15 Å². The summed E-state index contributed by atoms with van der Waals surface area (Å²) in [7, 11) is 0. The number of hydrogen-bond acceptors (Lipinski definition) is 3. The summed E-state index contributed by atoms with van der Waals surface area (Å²) in [6.07, 6.45) is 0.857. The Kier molecular flexibility index (Phi) is 3.02. The third kappa shape index (κ3) is 2.54. The zero-order valence-electron chi connectivity index (χ0n) is 10.9. The summed E-state index contributed by atoms with van der Waals surface area (Å²) < 4.78 is 10.8. The predicted octanol–water partition coefficient (Wildman–Crippen LogP) is 3.24. The fourth-order valence-corrected chi connectivity index (χ4v) is 1.97. The van der Waals surface area contributed by atoms with Gasteiger partial charge in [0, 0.05) is 11.3 Å². The Balaban J connectivity index is 2.02. The lowest BCUT2D eigenvalue weighted by atomic mass is 9.94. The second-order valence-electron chi connectivity index (χ2n) is 5.65. The summed E-state index contributed by atoms with van der Waals surface area (Å²) in [4.78, 5) is 11.5. The molecule has 0 radical (unpaired) electrons. The van der Waals surface area contributed by atoms with Crippen molar-refractivity contribution in [2.75, 3.05) is 6.61 Å². The Bertz CT molecular complexity index is 411. The highest BCUT2D eigenvalue weighted by Crippen LogP contribution is 2.49. The van der Waals surface area contributed by atoms with Crippen LogP contribution in [0.25, 0.3) is 0 Å². The molecule has 0 amide bonds. The van der Waals surface area contributed by atoms with Crippen LogP contribution in [0.2, 0.25) is 0 Å². The fraction of sp³-hybridized carbons (Fsp3) is 0.643. The summed E-state index contributed by atoms with van der Waals surface area (Å²) in [6, 6.07) is 4.00. The van der Waals surface area contributed by atoms with E-state index in [4.69, 9.17) is 9.15 Å². The van der Waals surface area contributed by atoms with Gasteiger partial charge in [0.2, 0.25) is 0 Å². The van der Waals surface area contributed by atoms with Crippen molar-refractivity contribution in [2.45, 2.75) is 45.4 Å². The van der Waals surface area contributed by atoms with Crippen molar-refractivity contribution in [1.82, 2.24) is 0 Å². The van der Waals surface area contributed by atoms with Crippen molar-refractivity contribution < 1.29 is 13.9 Å². The van der Waals surface area contributed by atoms with E-state index < -0.39 is 0 Å². The van der Waals surface area contributed by atoms with Gasteiger partial charge in [0.15, 0.2) is 0 Å². The minimum atomic E-state index is -0.0915. The number of esters is 1. The molecule has 1 aliphatic rings. The Morgan fingerprint density at radius 3 is 2.71 bits per heavy atom. The predicted molar refractivity (Wildman–Crippen MR) is 64.9 cm³/mol. The largest absolute Gasteiger partial charge is 0.466 e. The van der Waals surface area contributed by atoms with Gasteiger partial charge in [0.25, 0.3) is 0 Å². The van der Waals surface area contributed by atoms with E-state index >= 15 is 0 Å². The van der Waals surface area contributed by atoms with Crippen LogP contribution in [0.4, 0.5) is 0 Å². The minimum absolute atomic E-state index is 0.00826. The maximum Gasteiger partial charge on any atom is 0.309 e. The van der Waals surface area contributed by atoms with Gasteiger partial charge in [-0.1, -0.05) is 20.8 Å². The van der Waals surface area contributed by atoms with Crippen molar-refractivity contribution in [3.63, 3.8) is 0 Å². The second kappa shape index (κ2) is 4.21. The van der Waals surface area contributed by atoms with Crippen LogP contribution in [0.15, 0.2) is 16.5 Å². The lowest BCUT2D eigenvalue weighted by Gasteiger charge is -2.14. The highest BCUT2D eigenvalue weighted by atomic mass is 16.5. The lowest BCUT2D eigenvalue weighted by Crippen LogP contribution is -2.09. The molecule has 0 N–H and O–H groups in total. The summed E-state index contributed by atoms with van der Waals surface area (Å²) in [6.45, 7) is 8.63. The molecule has 0 aliphatic heterocycles. The second-order valence-corrected chi connectivity index (χ2v) is 5.65. The van der Waals surface area contributed by atoms with Crippen LogP contribution in [0.5, 0.6) is 0 Å². The van der Waals surface area contributed by atoms with Crippen molar-refractivity contribution in [2.24, 2.45) is 5.92 Å². The zero-order chi connectivity index (χ0) is 12.6. The van der Waals surface area contributed by atoms with E-state index in [1.165, 1.54) is 0 Å². The Labute approximate surface area is 102 Å². The van der Waals surface area contributed by atoms with E-state index in [1.54, 1.807) is 0 Å². The number of rotatable bonds is 3. The first kappa shape index (κ1) is 12.2. The summed E-state index contributed by atoms with van der Waals surface area (Å²) in [5.41, 5.74) is 0.0204. The molecule has 1 aliphatic carbocycles. The zero-order valence-corrected chi connectivity index (χ0v) is 10.9. The third-order valence-corrected chi connectivity index (χ3v) is 3.11. The summed E-state index contributed by atoms with van der Waals surface area (Å²) in [5.74, 6) is 2.04. The molecule has 0 spiro atoms. The van der Waals surface area contributed by atoms with E-state index in [9.17, 15) is 4.79 Å². The van der Waals surface area contributed by atoms with E-state index in [0.29, 0.717) is 6.61 Å². The average molecular weight is 236 g/mol. The van der Waals surface area contributed by atoms with Crippen molar-refractivity contribution >= 4 is 5.97 Å². The van der Waals surface area contributed by atoms with Crippen molar-refractivity contribution in [3.8, 4) is 0 Å². The molecule has 3 heteroatoms. The van der Waals surface area contributed by atoms with Gasteiger partial charge in [0.1, 0.15) is 11.5 Å².